The summed E-state index contributed by atoms with van der Waals surface area (Å²) in [6, 6.07) is 0.798. The molecule has 2 aliphatic rings. The first kappa shape index (κ1) is 10.9. The number of likely N-dealkylation sites (tertiary alicyclic amines) is 1. The molecule has 1 aliphatic carbocycles. The van der Waals surface area contributed by atoms with E-state index >= 15 is 0 Å². The molecule has 2 fully saturated rings. The summed E-state index contributed by atoms with van der Waals surface area (Å²) in [5.74, 6) is 0.205. The van der Waals surface area contributed by atoms with E-state index in [1.165, 1.54) is 19.3 Å². The van der Waals surface area contributed by atoms with Crippen LogP contribution in [-0.4, -0.2) is 42.5 Å². The molecule has 1 amide bonds. The zero-order valence-corrected chi connectivity index (χ0v) is 9.24. The van der Waals surface area contributed by atoms with Crippen molar-refractivity contribution in [1.82, 2.24) is 10.2 Å². The van der Waals surface area contributed by atoms with Crippen LogP contribution >= 0.6 is 0 Å². The van der Waals surface area contributed by atoms with Gasteiger partial charge in [0.2, 0.25) is 5.91 Å². The third-order valence-electron chi connectivity index (χ3n) is 3.14. The van der Waals surface area contributed by atoms with Gasteiger partial charge in [-0.25, -0.2) is 0 Å². The van der Waals surface area contributed by atoms with Crippen LogP contribution in [0.5, 0.6) is 0 Å². The topological polar surface area (TPSA) is 58.4 Å². The van der Waals surface area contributed by atoms with Gasteiger partial charge in [0.1, 0.15) is 0 Å². The third kappa shape index (κ3) is 3.80. The predicted octanol–water partition coefficient (Wildman–Crippen LogP) is 0.0782. The van der Waals surface area contributed by atoms with Crippen LogP contribution in [0.15, 0.2) is 0 Å². The van der Waals surface area contributed by atoms with Crippen molar-refractivity contribution in [3.05, 3.63) is 0 Å². The minimum absolute atomic E-state index is 0.205. The van der Waals surface area contributed by atoms with Gasteiger partial charge in [-0.2, -0.15) is 0 Å². The zero-order valence-electron chi connectivity index (χ0n) is 9.24. The Morgan fingerprint density at radius 1 is 1.40 bits per heavy atom. The van der Waals surface area contributed by atoms with E-state index in [0.29, 0.717) is 18.5 Å². The van der Waals surface area contributed by atoms with E-state index in [0.717, 1.165) is 26.1 Å². The molecular weight excluding hydrogens is 190 g/mol. The number of carbonyl (C=O) groups excluding carboxylic acids is 1. The lowest BCUT2D eigenvalue weighted by Crippen LogP contribution is -2.44. The number of carbonyl (C=O) groups is 1. The van der Waals surface area contributed by atoms with E-state index in [4.69, 9.17) is 5.73 Å². The molecule has 1 saturated heterocycles. The number of rotatable bonds is 4. The number of nitrogens with one attached hydrogen (secondary N) is 1. The molecule has 0 spiro atoms. The first-order chi connectivity index (χ1) is 7.24. The molecule has 1 heterocycles. The summed E-state index contributed by atoms with van der Waals surface area (Å²) in [5.41, 5.74) is 5.88. The Morgan fingerprint density at radius 3 is 2.87 bits per heavy atom. The van der Waals surface area contributed by atoms with Crippen molar-refractivity contribution in [2.75, 3.05) is 19.6 Å². The molecule has 0 bridgehead atoms. The van der Waals surface area contributed by atoms with Crippen molar-refractivity contribution in [2.45, 2.75) is 44.2 Å². The number of nitrogens with two attached hydrogens (primary N) is 1. The van der Waals surface area contributed by atoms with Gasteiger partial charge < -0.3 is 16.0 Å². The maximum absolute atomic E-state index is 11.4. The molecule has 2 rings (SSSR count). The lowest BCUT2D eigenvalue weighted by molar-refractivity contribution is -0.121. The first-order valence-corrected chi connectivity index (χ1v) is 6.01. The fourth-order valence-electron chi connectivity index (χ4n) is 2.08. The molecule has 1 saturated carbocycles. The van der Waals surface area contributed by atoms with Crippen LogP contribution < -0.4 is 11.1 Å². The lowest BCUT2D eigenvalue weighted by atomic mass is 10.1. The van der Waals surface area contributed by atoms with Gasteiger partial charge in [0, 0.05) is 31.6 Å². The maximum Gasteiger partial charge on any atom is 0.221 e. The summed E-state index contributed by atoms with van der Waals surface area (Å²) in [5, 5.41) is 3.01. The number of hydrogen-bond acceptors (Lipinski definition) is 3. The number of hydrogen-bond donors (Lipinski definition) is 2. The van der Waals surface area contributed by atoms with Gasteiger partial charge in [-0.3, -0.25) is 4.79 Å². The fourth-order valence-corrected chi connectivity index (χ4v) is 2.08. The van der Waals surface area contributed by atoms with Crippen LogP contribution in [-0.2, 0) is 4.79 Å². The molecule has 1 unspecified atom stereocenters. The number of amides is 1. The number of nitrogens with zero attached hydrogens (tertiary/aromatic N) is 1. The van der Waals surface area contributed by atoms with Crippen molar-refractivity contribution in [1.29, 1.82) is 0 Å². The highest BCUT2D eigenvalue weighted by Crippen LogP contribution is 2.18. The van der Waals surface area contributed by atoms with Crippen molar-refractivity contribution in [3.8, 4) is 0 Å². The van der Waals surface area contributed by atoms with E-state index in [1.807, 2.05) is 0 Å². The zero-order chi connectivity index (χ0) is 10.7. The molecular formula is C11H21N3O. The van der Waals surface area contributed by atoms with E-state index in [-0.39, 0.29) is 5.91 Å². The van der Waals surface area contributed by atoms with Gasteiger partial charge in [0.25, 0.3) is 0 Å². The van der Waals surface area contributed by atoms with Crippen LogP contribution in [0.3, 0.4) is 0 Å². The third-order valence-corrected chi connectivity index (χ3v) is 3.14. The highest BCUT2D eigenvalue weighted by Gasteiger charge is 2.23. The first-order valence-electron chi connectivity index (χ1n) is 6.01. The van der Waals surface area contributed by atoms with Crippen LogP contribution in [0.2, 0.25) is 0 Å². The van der Waals surface area contributed by atoms with Crippen LogP contribution in [0.1, 0.15) is 32.1 Å². The standard InChI is InChI=1S/C11H21N3O/c12-9-2-1-6-14(8-9)7-5-11(15)13-10-3-4-10/h9-10H,1-8,12H2,(H,13,15). The Kier molecular flexibility index (Phi) is 3.59. The summed E-state index contributed by atoms with van der Waals surface area (Å²) >= 11 is 0. The summed E-state index contributed by atoms with van der Waals surface area (Å²) in [7, 11) is 0. The molecule has 1 atom stereocenters. The van der Waals surface area contributed by atoms with Crippen molar-refractivity contribution < 1.29 is 4.79 Å². The van der Waals surface area contributed by atoms with Crippen molar-refractivity contribution >= 4 is 5.91 Å². The van der Waals surface area contributed by atoms with E-state index < -0.39 is 0 Å². The Morgan fingerprint density at radius 2 is 2.20 bits per heavy atom. The Bertz CT molecular complexity index is 228. The lowest BCUT2D eigenvalue weighted by Gasteiger charge is -2.30. The van der Waals surface area contributed by atoms with E-state index in [2.05, 4.69) is 10.2 Å². The summed E-state index contributed by atoms with van der Waals surface area (Å²) in [4.78, 5) is 13.8. The SMILES string of the molecule is NC1CCCN(CCC(=O)NC2CC2)C1. The minimum atomic E-state index is 0.205. The van der Waals surface area contributed by atoms with Gasteiger partial charge in [0.05, 0.1) is 0 Å². The van der Waals surface area contributed by atoms with Gasteiger partial charge in [-0.15, -0.1) is 0 Å². The van der Waals surface area contributed by atoms with Gasteiger partial charge >= 0.3 is 0 Å². The molecule has 0 aromatic heterocycles. The molecule has 1 aliphatic heterocycles. The quantitative estimate of drug-likeness (QED) is 0.692. The second-order valence-electron chi connectivity index (χ2n) is 4.79. The van der Waals surface area contributed by atoms with Crippen LogP contribution in [0.25, 0.3) is 0 Å². The molecule has 4 heteroatoms. The van der Waals surface area contributed by atoms with Crippen LogP contribution in [0.4, 0.5) is 0 Å². The molecule has 15 heavy (non-hydrogen) atoms. The maximum atomic E-state index is 11.4. The predicted molar refractivity (Wildman–Crippen MR) is 59.4 cm³/mol. The summed E-state index contributed by atoms with van der Waals surface area (Å²) in [6.45, 7) is 2.92. The molecule has 0 aromatic carbocycles. The second kappa shape index (κ2) is 4.94. The fraction of sp³-hybridized carbons (Fsp3) is 0.909. The Labute approximate surface area is 91.2 Å². The number of piperidine rings is 1. The van der Waals surface area contributed by atoms with Crippen LogP contribution in [0, 0.1) is 0 Å². The molecule has 3 N–H and O–H groups in total. The molecule has 0 radical (unpaired) electrons. The molecule has 4 nitrogen and oxygen atoms in total. The van der Waals surface area contributed by atoms with E-state index in [9.17, 15) is 4.79 Å². The largest absolute Gasteiger partial charge is 0.353 e. The van der Waals surface area contributed by atoms with Crippen molar-refractivity contribution in [3.63, 3.8) is 0 Å². The average Bonchev–Trinajstić information content (AvgIpc) is 2.99. The van der Waals surface area contributed by atoms with Crippen molar-refractivity contribution in [2.24, 2.45) is 5.73 Å². The summed E-state index contributed by atoms with van der Waals surface area (Å²) in [6.07, 6.45) is 5.26. The Balaban J connectivity index is 1.61. The minimum Gasteiger partial charge on any atom is -0.353 e. The highest BCUT2D eigenvalue weighted by molar-refractivity contribution is 5.76. The average molecular weight is 211 g/mol. The van der Waals surface area contributed by atoms with E-state index in [1.54, 1.807) is 0 Å². The normalized spacial score (nSPS) is 27.7. The highest BCUT2D eigenvalue weighted by atomic mass is 16.1. The Hall–Kier alpha value is -0.610. The van der Waals surface area contributed by atoms with Gasteiger partial charge in [-0.05, 0) is 32.2 Å². The van der Waals surface area contributed by atoms with Gasteiger partial charge in [-0.1, -0.05) is 0 Å². The monoisotopic (exact) mass is 211 g/mol. The molecule has 86 valence electrons. The second-order valence-corrected chi connectivity index (χ2v) is 4.79. The smallest absolute Gasteiger partial charge is 0.221 e. The summed E-state index contributed by atoms with van der Waals surface area (Å²) < 4.78 is 0. The van der Waals surface area contributed by atoms with Gasteiger partial charge in [0.15, 0.2) is 0 Å². The molecule has 0 aromatic rings.